The van der Waals surface area contributed by atoms with Crippen LogP contribution in [0, 0.1) is 5.92 Å². The van der Waals surface area contributed by atoms with Gasteiger partial charge in [-0.15, -0.1) is 0 Å². The average Bonchev–Trinajstić information content (AvgIpc) is 3.24. The van der Waals surface area contributed by atoms with Crippen LogP contribution in [0.15, 0.2) is 62.9 Å². The Bertz CT molecular complexity index is 1200. The highest BCUT2D eigenvalue weighted by Gasteiger charge is 2.40. The van der Waals surface area contributed by atoms with Gasteiger partial charge in [-0.25, -0.2) is 4.99 Å². The van der Waals surface area contributed by atoms with Crippen molar-refractivity contribution in [3.8, 4) is 17.2 Å². The molecule has 0 fully saturated rings. The molecule has 5 rings (SSSR count). The SMILES string of the molecule is CCOc1ccc(COc2cccc(C3=NC(=O)C4C(=N3)SC3=C4CCCC3)c2)cc1OCC. The maximum atomic E-state index is 12.9. The number of hydrogen-bond acceptors (Lipinski definition) is 6. The van der Waals surface area contributed by atoms with Gasteiger partial charge in [-0.3, -0.25) is 4.79 Å². The van der Waals surface area contributed by atoms with Crippen LogP contribution in [0.5, 0.6) is 17.2 Å². The number of amides is 1. The normalized spacial score (nSPS) is 19.2. The van der Waals surface area contributed by atoms with Crippen molar-refractivity contribution < 1.29 is 19.0 Å². The van der Waals surface area contributed by atoms with E-state index in [0.29, 0.717) is 37.2 Å². The fourth-order valence-electron chi connectivity index (χ4n) is 4.50. The van der Waals surface area contributed by atoms with Crippen molar-refractivity contribution in [3.05, 3.63) is 64.1 Å². The number of benzene rings is 2. The van der Waals surface area contributed by atoms with E-state index in [1.165, 1.54) is 16.9 Å². The molecule has 1 unspecified atom stereocenters. The van der Waals surface area contributed by atoms with Gasteiger partial charge in [-0.2, -0.15) is 4.99 Å². The number of thioether (sulfide) groups is 1. The first-order valence-electron chi connectivity index (χ1n) is 11.9. The fourth-order valence-corrected chi connectivity index (χ4v) is 5.85. The summed E-state index contributed by atoms with van der Waals surface area (Å²) in [6.45, 7) is 5.42. The van der Waals surface area contributed by atoms with Gasteiger partial charge in [0.1, 0.15) is 18.3 Å². The summed E-state index contributed by atoms with van der Waals surface area (Å²) in [7, 11) is 0. The Morgan fingerprint density at radius 1 is 0.941 bits per heavy atom. The van der Waals surface area contributed by atoms with Crippen molar-refractivity contribution in [2.45, 2.75) is 46.1 Å². The summed E-state index contributed by atoms with van der Waals surface area (Å²) in [5.74, 6) is 2.26. The summed E-state index contributed by atoms with van der Waals surface area (Å²) < 4.78 is 17.4. The molecule has 176 valence electrons. The van der Waals surface area contributed by atoms with Crippen LogP contribution in [0.2, 0.25) is 0 Å². The van der Waals surface area contributed by atoms with Crippen LogP contribution in [0.3, 0.4) is 0 Å². The van der Waals surface area contributed by atoms with Gasteiger partial charge in [-0.1, -0.05) is 30.0 Å². The zero-order valence-corrected chi connectivity index (χ0v) is 20.3. The number of nitrogens with zero attached hydrogens (tertiary/aromatic N) is 2. The van der Waals surface area contributed by atoms with Crippen LogP contribution in [0.25, 0.3) is 0 Å². The van der Waals surface area contributed by atoms with Crippen LogP contribution >= 0.6 is 11.8 Å². The molecule has 2 aliphatic heterocycles. The first kappa shape index (κ1) is 22.7. The van der Waals surface area contributed by atoms with Gasteiger partial charge in [-0.05, 0) is 79.8 Å². The van der Waals surface area contributed by atoms with Crippen molar-refractivity contribution in [1.29, 1.82) is 0 Å². The van der Waals surface area contributed by atoms with E-state index < -0.39 is 0 Å². The number of allylic oxidation sites excluding steroid dienone is 1. The van der Waals surface area contributed by atoms with E-state index in [4.69, 9.17) is 19.2 Å². The molecule has 1 aliphatic carbocycles. The average molecular weight is 477 g/mol. The lowest BCUT2D eigenvalue weighted by Crippen LogP contribution is -2.26. The van der Waals surface area contributed by atoms with Gasteiger partial charge in [0.2, 0.25) is 0 Å². The lowest BCUT2D eigenvalue weighted by Gasteiger charge is -2.18. The van der Waals surface area contributed by atoms with Gasteiger partial charge >= 0.3 is 0 Å². The molecule has 0 radical (unpaired) electrons. The molecule has 34 heavy (non-hydrogen) atoms. The number of carbonyl (C=O) groups excluding carboxylic acids is 1. The van der Waals surface area contributed by atoms with E-state index in [0.717, 1.165) is 41.2 Å². The third-order valence-corrected chi connectivity index (χ3v) is 7.31. The van der Waals surface area contributed by atoms with Crippen LogP contribution in [-0.4, -0.2) is 30.0 Å². The molecule has 0 N–H and O–H groups in total. The van der Waals surface area contributed by atoms with Gasteiger partial charge in [0, 0.05) is 5.56 Å². The molecule has 0 saturated heterocycles. The molecule has 0 aromatic heterocycles. The molecule has 2 aromatic carbocycles. The predicted octanol–water partition coefficient (Wildman–Crippen LogP) is 5.94. The highest BCUT2D eigenvalue weighted by atomic mass is 32.2. The maximum absolute atomic E-state index is 12.9. The summed E-state index contributed by atoms with van der Waals surface area (Å²) >= 11 is 1.68. The summed E-state index contributed by atoms with van der Waals surface area (Å²) in [4.78, 5) is 23.4. The number of hydrogen-bond donors (Lipinski definition) is 0. The van der Waals surface area contributed by atoms with Crippen molar-refractivity contribution in [2.24, 2.45) is 15.9 Å². The van der Waals surface area contributed by atoms with Gasteiger partial charge in [0.05, 0.1) is 18.3 Å². The second-order valence-electron chi connectivity index (χ2n) is 8.38. The predicted molar refractivity (Wildman–Crippen MR) is 135 cm³/mol. The van der Waals surface area contributed by atoms with E-state index in [1.54, 1.807) is 11.8 Å². The van der Waals surface area contributed by atoms with Crippen molar-refractivity contribution in [1.82, 2.24) is 0 Å². The van der Waals surface area contributed by atoms with Crippen molar-refractivity contribution in [3.63, 3.8) is 0 Å². The monoisotopic (exact) mass is 476 g/mol. The van der Waals surface area contributed by atoms with Crippen molar-refractivity contribution >= 4 is 28.5 Å². The Morgan fingerprint density at radius 3 is 2.62 bits per heavy atom. The van der Waals surface area contributed by atoms with Crippen LogP contribution in [-0.2, 0) is 11.4 Å². The molecule has 6 nitrogen and oxygen atoms in total. The Hall–Kier alpha value is -3.06. The maximum Gasteiger partial charge on any atom is 0.261 e. The molecule has 0 spiro atoms. The Balaban J connectivity index is 1.30. The summed E-state index contributed by atoms with van der Waals surface area (Å²) in [6.07, 6.45) is 4.38. The summed E-state index contributed by atoms with van der Waals surface area (Å²) in [5.41, 5.74) is 3.01. The van der Waals surface area contributed by atoms with Crippen LogP contribution in [0.4, 0.5) is 0 Å². The number of rotatable bonds is 8. The molecule has 2 aromatic rings. The number of fused-ring (bicyclic) bond motifs is 2. The van der Waals surface area contributed by atoms with Gasteiger partial charge < -0.3 is 14.2 Å². The standard InChI is InChI=1S/C27H28N2O4S/c1-3-31-21-13-12-17(14-22(21)32-4-2)16-33-19-9-7-8-18(15-19)25-28-26(30)24-20-10-5-6-11-23(20)34-27(24)29-25/h7-9,12-15,24H,3-6,10-11,16H2,1-2H3. The molecule has 1 atom stereocenters. The highest BCUT2D eigenvalue weighted by molar-refractivity contribution is 8.17. The smallest absolute Gasteiger partial charge is 0.261 e. The minimum atomic E-state index is -0.248. The largest absolute Gasteiger partial charge is 0.490 e. The third kappa shape index (κ3) is 4.62. The Morgan fingerprint density at radius 2 is 1.76 bits per heavy atom. The first-order chi connectivity index (χ1) is 16.7. The molecule has 2 heterocycles. The number of aliphatic imine (C=N–C) groups is 2. The molecule has 7 heteroatoms. The third-order valence-electron chi connectivity index (χ3n) is 6.07. The Kier molecular flexibility index (Phi) is 6.72. The number of ether oxygens (including phenoxy) is 3. The first-order valence-corrected chi connectivity index (χ1v) is 12.7. The van der Waals surface area contributed by atoms with E-state index in [2.05, 4.69) is 4.99 Å². The lowest BCUT2D eigenvalue weighted by atomic mass is 9.89. The van der Waals surface area contributed by atoms with Crippen molar-refractivity contribution in [2.75, 3.05) is 13.2 Å². The second-order valence-corrected chi connectivity index (χ2v) is 9.49. The molecule has 1 amide bonds. The second kappa shape index (κ2) is 10.1. The van der Waals surface area contributed by atoms with Crippen LogP contribution in [0.1, 0.15) is 50.7 Å². The summed E-state index contributed by atoms with van der Waals surface area (Å²) in [5, 5.41) is 0.881. The fraction of sp³-hybridized carbons (Fsp3) is 0.370. The molecular weight excluding hydrogens is 448 g/mol. The number of carbonyl (C=O) groups is 1. The zero-order valence-electron chi connectivity index (χ0n) is 19.5. The van der Waals surface area contributed by atoms with Gasteiger partial charge in [0.25, 0.3) is 5.91 Å². The highest BCUT2D eigenvalue weighted by Crippen LogP contribution is 2.47. The molecule has 0 bridgehead atoms. The Labute approximate surface area is 204 Å². The number of amidine groups is 1. The van der Waals surface area contributed by atoms with E-state index in [9.17, 15) is 4.79 Å². The summed E-state index contributed by atoms with van der Waals surface area (Å²) in [6, 6.07) is 13.4. The molecular formula is C27H28N2O4S. The minimum absolute atomic E-state index is 0.0939. The van der Waals surface area contributed by atoms with E-state index >= 15 is 0 Å². The zero-order chi connectivity index (χ0) is 23.5. The van der Waals surface area contributed by atoms with Crippen LogP contribution < -0.4 is 14.2 Å². The quantitative estimate of drug-likeness (QED) is 0.472. The topological polar surface area (TPSA) is 69.5 Å². The van der Waals surface area contributed by atoms with E-state index in [-0.39, 0.29) is 11.8 Å². The molecule has 3 aliphatic rings. The lowest BCUT2D eigenvalue weighted by molar-refractivity contribution is -0.118. The van der Waals surface area contributed by atoms with E-state index in [1.807, 2.05) is 56.3 Å². The minimum Gasteiger partial charge on any atom is -0.490 e. The van der Waals surface area contributed by atoms with Gasteiger partial charge in [0.15, 0.2) is 17.3 Å². The molecule has 0 saturated carbocycles.